The highest BCUT2D eigenvalue weighted by atomic mass is 32.2. The van der Waals surface area contributed by atoms with Crippen molar-refractivity contribution in [2.75, 3.05) is 16.6 Å². The van der Waals surface area contributed by atoms with Crippen LogP contribution in [0, 0.1) is 6.92 Å². The van der Waals surface area contributed by atoms with Gasteiger partial charge in [0.2, 0.25) is 0 Å². The number of hydrogen-bond donors (Lipinski definition) is 2. The first kappa shape index (κ1) is 17.4. The van der Waals surface area contributed by atoms with Gasteiger partial charge in [-0.1, -0.05) is 30.3 Å². The summed E-state index contributed by atoms with van der Waals surface area (Å²) in [6.07, 6.45) is 0.870. The largest absolute Gasteiger partial charge is 0.368 e. The lowest BCUT2D eigenvalue weighted by Gasteiger charge is -2.07. The predicted molar refractivity (Wildman–Crippen MR) is 101 cm³/mol. The summed E-state index contributed by atoms with van der Waals surface area (Å²) in [5, 5.41) is 11.1. The normalized spacial score (nSPS) is 11.2. The zero-order valence-electron chi connectivity index (χ0n) is 13.6. The van der Waals surface area contributed by atoms with Crippen molar-refractivity contribution in [3.63, 3.8) is 0 Å². The van der Waals surface area contributed by atoms with Gasteiger partial charge in [0, 0.05) is 11.4 Å². The minimum Gasteiger partial charge on any atom is -0.368 e. The van der Waals surface area contributed by atoms with E-state index >= 15 is 0 Å². The molecule has 8 heteroatoms. The van der Waals surface area contributed by atoms with Crippen molar-refractivity contribution in [1.29, 1.82) is 0 Å². The molecule has 25 heavy (non-hydrogen) atoms. The fraction of sp³-hybridized carbons (Fsp3) is 0.176. The molecule has 0 radical (unpaired) electrons. The molecule has 0 unspecified atom stereocenters. The van der Waals surface area contributed by atoms with Crippen LogP contribution in [0.1, 0.15) is 10.4 Å². The Morgan fingerprint density at radius 2 is 1.68 bits per heavy atom. The Bertz CT molecular complexity index is 923. The Morgan fingerprint density at radius 1 is 0.960 bits per heavy atom. The minimum absolute atomic E-state index is 0.194. The highest BCUT2D eigenvalue weighted by molar-refractivity contribution is 7.94. The quantitative estimate of drug-likeness (QED) is 0.663. The molecule has 2 N–H and O–H groups in total. The van der Waals surface area contributed by atoms with E-state index in [9.17, 15) is 8.42 Å². The first-order valence-corrected chi connectivity index (χ1v) is 10.0. The molecule has 0 bridgehead atoms. The molecule has 0 saturated heterocycles. The zero-order chi connectivity index (χ0) is 17.7. The number of rotatable bonds is 7. The van der Waals surface area contributed by atoms with Gasteiger partial charge in [0.1, 0.15) is 10.0 Å². The van der Waals surface area contributed by atoms with Crippen LogP contribution in [0.15, 0.2) is 58.8 Å². The fourth-order valence-electron chi connectivity index (χ4n) is 2.21. The summed E-state index contributed by atoms with van der Waals surface area (Å²) in [5.74, 6) is 0.797. The molecular weight excluding hydrogens is 356 g/mol. The van der Waals surface area contributed by atoms with Gasteiger partial charge in [-0.25, -0.2) is 8.42 Å². The Kier molecular flexibility index (Phi) is 5.30. The summed E-state index contributed by atoms with van der Waals surface area (Å²) >= 11 is 1.22. The zero-order valence-corrected chi connectivity index (χ0v) is 15.3. The molecule has 3 rings (SSSR count). The summed E-state index contributed by atoms with van der Waals surface area (Å²) in [7, 11) is -3.61. The van der Waals surface area contributed by atoms with Gasteiger partial charge in [-0.2, -0.15) is 0 Å². The summed E-state index contributed by atoms with van der Waals surface area (Å²) in [6.45, 7) is 2.58. The molecule has 0 fully saturated rings. The molecule has 0 saturated carbocycles. The Hall–Kier alpha value is -2.45. The Balaban J connectivity index is 1.57. The molecule has 0 atom stereocenters. The van der Waals surface area contributed by atoms with Gasteiger partial charge in [0.15, 0.2) is 5.82 Å². The van der Waals surface area contributed by atoms with E-state index in [1.165, 1.54) is 16.9 Å². The average molecular weight is 374 g/mol. The fourth-order valence-corrected chi connectivity index (χ4v) is 4.48. The van der Waals surface area contributed by atoms with Crippen LogP contribution in [-0.2, 0) is 16.4 Å². The molecule has 2 heterocycles. The number of hydrogen-bond acceptors (Lipinski definition) is 6. The van der Waals surface area contributed by atoms with Gasteiger partial charge in [-0.3, -0.25) is 4.72 Å². The second-order valence-corrected chi connectivity index (χ2v) is 8.63. The van der Waals surface area contributed by atoms with Crippen LogP contribution >= 0.6 is 11.3 Å². The average Bonchev–Trinajstić information content (AvgIpc) is 3.05. The van der Waals surface area contributed by atoms with Crippen LogP contribution in [-0.4, -0.2) is 25.2 Å². The van der Waals surface area contributed by atoms with E-state index in [1.807, 2.05) is 25.1 Å². The van der Waals surface area contributed by atoms with Gasteiger partial charge < -0.3 is 5.32 Å². The number of anilines is 2. The summed E-state index contributed by atoms with van der Waals surface area (Å²) in [6, 6.07) is 16.8. The number of thiophene rings is 1. The third-order valence-electron chi connectivity index (χ3n) is 3.45. The highest BCUT2D eigenvalue weighted by Gasteiger charge is 2.17. The maximum absolute atomic E-state index is 12.2. The molecule has 0 aliphatic carbocycles. The van der Waals surface area contributed by atoms with Gasteiger partial charge in [-0.05, 0) is 43.2 Å². The summed E-state index contributed by atoms with van der Waals surface area (Å²) in [5.41, 5.74) is 1.23. The third kappa shape index (κ3) is 4.77. The number of benzene rings is 1. The SMILES string of the molecule is Cc1ccc(S(=O)(=O)Nc2ccc(NCCc3ccccc3)nn2)s1. The van der Waals surface area contributed by atoms with E-state index in [1.54, 1.807) is 24.3 Å². The van der Waals surface area contributed by atoms with E-state index in [0.717, 1.165) is 17.8 Å². The minimum atomic E-state index is -3.61. The van der Waals surface area contributed by atoms with Crippen LogP contribution in [0.2, 0.25) is 0 Å². The summed E-state index contributed by atoms with van der Waals surface area (Å²) < 4.78 is 27.2. The second-order valence-electron chi connectivity index (χ2n) is 5.44. The maximum atomic E-state index is 12.2. The molecule has 0 aliphatic rings. The van der Waals surface area contributed by atoms with Crippen LogP contribution in [0.3, 0.4) is 0 Å². The lowest BCUT2D eigenvalue weighted by atomic mass is 10.1. The van der Waals surface area contributed by atoms with E-state index in [0.29, 0.717) is 5.82 Å². The number of aromatic nitrogens is 2. The summed E-state index contributed by atoms with van der Waals surface area (Å²) in [4.78, 5) is 0.935. The van der Waals surface area contributed by atoms with Crippen molar-refractivity contribution in [2.24, 2.45) is 0 Å². The standard InChI is InChI=1S/C17H18N4O2S2/c1-13-7-10-17(24-13)25(22,23)21-16-9-8-15(19-20-16)18-12-11-14-5-3-2-4-6-14/h2-10H,11-12H2,1H3,(H,18,19)(H,20,21). The molecule has 3 aromatic rings. The molecular formula is C17H18N4O2S2. The van der Waals surface area contributed by atoms with E-state index in [-0.39, 0.29) is 10.0 Å². The van der Waals surface area contributed by atoms with E-state index in [4.69, 9.17) is 0 Å². The van der Waals surface area contributed by atoms with Crippen molar-refractivity contribution in [1.82, 2.24) is 10.2 Å². The molecule has 130 valence electrons. The first-order valence-electron chi connectivity index (χ1n) is 7.74. The van der Waals surface area contributed by atoms with Gasteiger partial charge in [0.05, 0.1) is 0 Å². The first-order chi connectivity index (χ1) is 12.0. The molecule has 6 nitrogen and oxygen atoms in total. The third-order valence-corrected chi connectivity index (χ3v) is 6.29. The van der Waals surface area contributed by atoms with Crippen LogP contribution < -0.4 is 10.0 Å². The molecule has 0 spiro atoms. The predicted octanol–water partition coefficient (Wildman–Crippen LogP) is 3.30. The Morgan fingerprint density at radius 3 is 2.32 bits per heavy atom. The monoisotopic (exact) mass is 374 g/mol. The van der Waals surface area contributed by atoms with E-state index in [2.05, 4.69) is 32.4 Å². The maximum Gasteiger partial charge on any atom is 0.272 e. The number of sulfonamides is 1. The van der Waals surface area contributed by atoms with Crippen molar-refractivity contribution >= 4 is 33.0 Å². The highest BCUT2D eigenvalue weighted by Crippen LogP contribution is 2.22. The van der Waals surface area contributed by atoms with Crippen molar-refractivity contribution < 1.29 is 8.42 Å². The molecule has 0 aliphatic heterocycles. The van der Waals surface area contributed by atoms with Crippen LogP contribution in [0.25, 0.3) is 0 Å². The van der Waals surface area contributed by atoms with Crippen molar-refractivity contribution in [3.8, 4) is 0 Å². The number of nitrogens with zero attached hydrogens (tertiary/aromatic N) is 2. The molecule has 0 amide bonds. The van der Waals surface area contributed by atoms with Crippen molar-refractivity contribution in [3.05, 3.63) is 65.0 Å². The Labute approximate surface area is 151 Å². The van der Waals surface area contributed by atoms with E-state index < -0.39 is 10.0 Å². The van der Waals surface area contributed by atoms with Crippen LogP contribution in [0.5, 0.6) is 0 Å². The topological polar surface area (TPSA) is 84.0 Å². The molecule has 1 aromatic carbocycles. The smallest absolute Gasteiger partial charge is 0.272 e. The van der Waals surface area contributed by atoms with Gasteiger partial charge >= 0.3 is 0 Å². The van der Waals surface area contributed by atoms with Crippen LogP contribution in [0.4, 0.5) is 11.6 Å². The lowest BCUT2D eigenvalue weighted by molar-refractivity contribution is 0.603. The second kappa shape index (κ2) is 7.62. The number of nitrogens with one attached hydrogen (secondary N) is 2. The van der Waals surface area contributed by atoms with Crippen molar-refractivity contribution in [2.45, 2.75) is 17.6 Å². The van der Waals surface area contributed by atoms with Gasteiger partial charge in [-0.15, -0.1) is 21.5 Å². The van der Waals surface area contributed by atoms with Gasteiger partial charge in [0.25, 0.3) is 10.0 Å². The number of aryl methyl sites for hydroxylation is 1. The molecule has 2 aromatic heterocycles. The lowest BCUT2D eigenvalue weighted by Crippen LogP contribution is -2.13.